The number of hydrogen-bond acceptors (Lipinski definition) is 3. The van der Waals surface area contributed by atoms with Gasteiger partial charge in [0.2, 0.25) is 0 Å². The number of amides is 2. The van der Waals surface area contributed by atoms with Gasteiger partial charge in [0, 0.05) is 12.2 Å². The van der Waals surface area contributed by atoms with Gasteiger partial charge < -0.3 is 15.4 Å². The highest BCUT2D eigenvalue weighted by atomic mass is 19.1. The second-order valence-corrected chi connectivity index (χ2v) is 5.33. The molecule has 2 N–H and O–H groups in total. The van der Waals surface area contributed by atoms with Gasteiger partial charge in [-0.05, 0) is 54.8 Å². The molecule has 0 atom stereocenters. The van der Waals surface area contributed by atoms with Crippen LogP contribution in [0.4, 0.5) is 10.1 Å². The van der Waals surface area contributed by atoms with E-state index in [4.69, 9.17) is 4.74 Å². The summed E-state index contributed by atoms with van der Waals surface area (Å²) in [6, 6.07) is 11.5. The average Bonchev–Trinajstić information content (AvgIpc) is 2.54. The molecule has 24 heavy (non-hydrogen) atoms. The molecule has 0 radical (unpaired) electrons. The molecule has 0 aliphatic rings. The Kier molecular flexibility index (Phi) is 5.89. The summed E-state index contributed by atoms with van der Waals surface area (Å²) in [5, 5.41) is 4.91. The van der Waals surface area contributed by atoms with Gasteiger partial charge in [-0.2, -0.15) is 0 Å². The summed E-state index contributed by atoms with van der Waals surface area (Å²) in [5.74, 6) is -1.29. The van der Waals surface area contributed by atoms with Crippen LogP contribution >= 0.6 is 0 Å². The van der Waals surface area contributed by atoms with Crippen LogP contribution in [0.1, 0.15) is 11.1 Å². The third-order valence-electron chi connectivity index (χ3n) is 3.36. The number of methoxy groups -OCH3 is 1. The SMILES string of the molecule is COc1ccc(CCNC(=O)C(=O)Nc2cc(C)cc(F)c2)cc1. The second-order valence-electron chi connectivity index (χ2n) is 5.33. The number of aryl methyl sites for hydroxylation is 1. The zero-order chi connectivity index (χ0) is 17.5. The van der Waals surface area contributed by atoms with Crippen LogP contribution < -0.4 is 15.4 Å². The molecule has 2 rings (SSSR count). The number of ether oxygens (including phenoxy) is 1. The molecular formula is C18H19FN2O3. The van der Waals surface area contributed by atoms with Gasteiger partial charge in [-0.15, -0.1) is 0 Å². The van der Waals surface area contributed by atoms with E-state index >= 15 is 0 Å². The smallest absolute Gasteiger partial charge is 0.313 e. The summed E-state index contributed by atoms with van der Waals surface area (Å²) in [4.78, 5) is 23.6. The molecule has 0 saturated carbocycles. The summed E-state index contributed by atoms with van der Waals surface area (Å²) in [5.41, 5.74) is 1.92. The molecule has 0 bridgehead atoms. The molecule has 126 valence electrons. The van der Waals surface area contributed by atoms with E-state index in [2.05, 4.69) is 10.6 Å². The molecule has 0 unspecified atom stereocenters. The van der Waals surface area contributed by atoms with E-state index in [1.807, 2.05) is 24.3 Å². The van der Waals surface area contributed by atoms with Gasteiger partial charge >= 0.3 is 11.8 Å². The Labute approximate surface area is 139 Å². The third-order valence-corrected chi connectivity index (χ3v) is 3.36. The quantitative estimate of drug-likeness (QED) is 0.828. The molecular weight excluding hydrogens is 311 g/mol. The van der Waals surface area contributed by atoms with Crippen molar-refractivity contribution in [2.45, 2.75) is 13.3 Å². The van der Waals surface area contributed by atoms with Crippen molar-refractivity contribution in [2.75, 3.05) is 19.0 Å². The van der Waals surface area contributed by atoms with Crippen molar-refractivity contribution in [3.63, 3.8) is 0 Å². The normalized spacial score (nSPS) is 10.1. The van der Waals surface area contributed by atoms with Crippen molar-refractivity contribution in [3.8, 4) is 5.75 Å². The number of halogens is 1. The molecule has 0 fully saturated rings. The molecule has 0 heterocycles. The highest BCUT2D eigenvalue weighted by molar-refractivity contribution is 6.39. The monoisotopic (exact) mass is 330 g/mol. The van der Waals surface area contributed by atoms with Gasteiger partial charge in [-0.25, -0.2) is 4.39 Å². The first-order chi connectivity index (χ1) is 11.5. The fraction of sp³-hybridized carbons (Fsp3) is 0.222. The number of benzene rings is 2. The average molecular weight is 330 g/mol. The van der Waals surface area contributed by atoms with E-state index in [1.54, 1.807) is 20.1 Å². The number of hydrogen-bond donors (Lipinski definition) is 2. The van der Waals surface area contributed by atoms with Crippen LogP contribution in [0.15, 0.2) is 42.5 Å². The van der Waals surface area contributed by atoms with Crippen LogP contribution in [0, 0.1) is 12.7 Å². The Morgan fingerprint density at radius 2 is 1.79 bits per heavy atom. The summed E-state index contributed by atoms with van der Waals surface area (Å²) in [6.45, 7) is 2.02. The molecule has 0 aliphatic carbocycles. The van der Waals surface area contributed by atoms with Crippen LogP contribution in [0.3, 0.4) is 0 Å². The van der Waals surface area contributed by atoms with Crippen LogP contribution in [0.5, 0.6) is 5.75 Å². The fourth-order valence-electron chi connectivity index (χ4n) is 2.19. The van der Waals surface area contributed by atoms with E-state index in [0.29, 0.717) is 18.5 Å². The Hall–Kier alpha value is -2.89. The zero-order valence-electron chi connectivity index (χ0n) is 13.6. The lowest BCUT2D eigenvalue weighted by Gasteiger charge is -2.08. The minimum atomic E-state index is -0.824. The molecule has 5 nitrogen and oxygen atoms in total. The number of carbonyl (C=O) groups is 2. The first-order valence-corrected chi connectivity index (χ1v) is 7.47. The molecule has 0 spiro atoms. The van der Waals surface area contributed by atoms with E-state index in [9.17, 15) is 14.0 Å². The van der Waals surface area contributed by atoms with Gasteiger partial charge in [0.25, 0.3) is 0 Å². The number of carbonyl (C=O) groups excluding carboxylic acids is 2. The lowest BCUT2D eigenvalue weighted by molar-refractivity contribution is -0.136. The maximum atomic E-state index is 13.3. The summed E-state index contributed by atoms with van der Waals surface area (Å²) < 4.78 is 18.3. The third kappa shape index (κ3) is 5.08. The molecule has 6 heteroatoms. The molecule has 2 aromatic carbocycles. The summed E-state index contributed by atoms with van der Waals surface area (Å²) in [7, 11) is 1.59. The van der Waals surface area contributed by atoms with Gasteiger partial charge in [-0.3, -0.25) is 9.59 Å². The topological polar surface area (TPSA) is 67.4 Å². The van der Waals surface area contributed by atoms with Crippen molar-refractivity contribution in [2.24, 2.45) is 0 Å². The Morgan fingerprint density at radius 3 is 2.42 bits per heavy atom. The zero-order valence-corrected chi connectivity index (χ0v) is 13.6. The predicted octanol–water partition coefficient (Wildman–Crippen LogP) is 2.44. The van der Waals surface area contributed by atoms with Crippen LogP contribution in [0.2, 0.25) is 0 Å². The van der Waals surface area contributed by atoms with Crippen LogP contribution in [-0.2, 0) is 16.0 Å². The summed E-state index contributed by atoms with van der Waals surface area (Å²) in [6.07, 6.45) is 0.585. The second kappa shape index (κ2) is 8.10. The number of rotatable bonds is 5. The Bertz CT molecular complexity index is 709. The van der Waals surface area contributed by atoms with E-state index in [0.717, 1.165) is 17.4 Å². The predicted molar refractivity (Wildman–Crippen MR) is 89.5 cm³/mol. The van der Waals surface area contributed by atoms with Crippen molar-refractivity contribution in [1.29, 1.82) is 0 Å². The fourth-order valence-corrected chi connectivity index (χ4v) is 2.19. The van der Waals surface area contributed by atoms with Gasteiger partial charge in [0.15, 0.2) is 0 Å². The van der Waals surface area contributed by atoms with Crippen molar-refractivity contribution < 1.29 is 18.7 Å². The lowest BCUT2D eigenvalue weighted by Crippen LogP contribution is -2.36. The maximum absolute atomic E-state index is 13.3. The lowest BCUT2D eigenvalue weighted by atomic mass is 10.1. The maximum Gasteiger partial charge on any atom is 0.313 e. The Morgan fingerprint density at radius 1 is 1.08 bits per heavy atom. The van der Waals surface area contributed by atoms with Crippen LogP contribution in [-0.4, -0.2) is 25.5 Å². The highest BCUT2D eigenvalue weighted by Crippen LogP contribution is 2.13. The molecule has 0 aromatic heterocycles. The van der Waals surface area contributed by atoms with E-state index in [-0.39, 0.29) is 5.69 Å². The van der Waals surface area contributed by atoms with E-state index < -0.39 is 17.6 Å². The molecule has 0 saturated heterocycles. The van der Waals surface area contributed by atoms with Gasteiger partial charge in [-0.1, -0.05) is 12.1 Å². The van der Waals surface area contributed by atoms with Gasteiger partial charge in [0.1, 0.15) is 11.6 Å². The first-order valence-electron chi connectivity index (χ1n) is 7.47. The van der Waals surface area contributed by atoms with Gasteiger partial charge in [0.05, 0.1) is 7.11 Å². The van der Waals surface area contributed by atoms with E-state index in [1.165, 1.54) is 6.07 Å². The highest BCUT2D eigenvalue weighted by Gasteiger charge is 2.13. The van der Waals surface area contributed by atoms with Crippen LogP contribution in [0.25, 0.3) is 0 Å². The van der Waals surface area contributed by atoms with Crippen molar-refractivity contribution in [1.82, 2.24) is 5.32 Å². The molecule has 2 amide bonds. The van der Waals surface area contributed by atoms with Crippen molar-refractivity contribution in [3.05, 3.63) is 59.4 Å². The molecule has 2 aromatic rings. The Balaban J connectivity index is 1.81. The minimum Gasteiger partial charge on any atom is -0.497 e. The van der Waals surface area contributed by atoms with Crippen molar-refractivity contribution >= 4 is 17.5 Å². The minimum absolute atomic E-state index is 0.253. The standard InChI is InChI=1S/C18H19FN2O3/c1-12-9-14(19)11-15(10-12)21-18(23)17(22)20-8-7-13-3-5-16(24-2)6-4-13/h3-6,9-11H,7-8H2,1-2H3,(H,20,22)(H,21,23). The number of anilines is 1. The molecule has 0 aliphatic heterocycles. The summed E-state index contributed by atoms with van der Waals surface area (Å²) >= 11 is 0. The first kappa shape index (κ1) is 17.5. The largest absolute Gasteiger partial charge is 0.497 e. The number of nitrogens with one attached hydrogen (secondary N) is 2.